The molecule has 92 valence electrons. The van der Waals surface area contributed by atoms with E-state index in [0.717, 1.165) is 17.9 Å². The van der Waals surface area contributed by atoms with E-state index in [9.17, 15) is 0 Å². The predicted octanol–water partition coefficient (Wildman–Crippen LogP) is 2.25. The average Bonchev–Trinajstić information content (AvgIpc) is 3.14. The smallest absolute Gasteiger partial charge is 0.0308 e. The largest absolute Gasteiger partial charge is 0.310 e. The molecule has 3 aliphatic rings. The molecule has 0 aromatic carbocycles. The van der Waals surface area contributed by atoms with Gasteiger partial charge in [0.05, 0.1) is 0 Å². The summed E-state index contributed by atoms with van der Waals surface area (Å²) in [7, 11) is 0. The van der Waals surface area contributed by atoms with Crippen LogP contribution in [0, 0.1) is 11.8 Å². The third-order valence-corrected chi connectivity index (χ3v) is 5.04. The van der Waals surface area contributed by atoms with Gasteiger partial charge in [0.15, 0.2) is 0 Å². The van der Waals surface area contributed by atoms with Crippen molar-refractivity contribution in [3.8, 4) is 0 Å². The molecule has 0 radical (unpaired) electrons. The first kappa shape index (κ1) is 11.0. The number of nitrogens with zero attached hydrogens (tertiary/aromatic N) is 1. The summed E-state index contributed by atoms with van der Waals surface area (Å²) in [5.74, 6) is 1.98. The zero-order valence-electron chi connectivity index (χ0n) is 10.8. The summed E-state index contributed by atoms with van der Waals surface area (Å²) in [6.07, 6.45) is 7.11. The van der Waals surface area contributed by atoms with E-state index in [1.54, 1.807) is 0 Å². The molecule has 2 heteroatoms. The molecule has 0 aromatic heterocycles. The monoisotopic (exact) mass is 222 g/mol. The van der Waals surface area contributed by atoms with Crippen LogP contribution in [0.4, 0.5) is 0 Å². The first-order chi connectivity index (χ1) is 7.73. The van der Waals surface area contributed by atoms with Crippen molar-refractivity contribution in [2.75, 3.05) is 19.6 Å². The summed E-state index contributed by atoms with van der Waals surface area (Å²) in [5.41, 5.74) is 0.428. The molecule has 1 N–H and O–H groups in total. The quantitative estimate of drug-likeness (QED) is 0.788. The number of hydrogen-bond acceptors (Lipinski definition) is 2. The van der Waals surface area contributed by atoms with Crippen LogP contribution in [-0.2, 0) is 0 Å². The van der Waals surface area contributed by atoms with E-state index >= 15 is 0 Å². The first-order valence-electron chi connectivity index (χ1n) is 7.22. The highest BCUT2D eigenvalue weighted by Gasteiger charge is 2.47. The van der Waals surface area contributed by atoms with Crippen LogP contribution in [0.2, 0.25) is 0 Å². The van der Waals surface area contributed by atoms with Gasteiger partial charge in [-0.3, -0.25) is 4.90 Å². The van der Waals surface area contributed by atoms with Crippen LogP contribution in [-0.4, -0.2) is 36.1 Å². The highest BCUT2D eigenvalue weighted by Crippen LogP contribution is 2.44. The third-order valence-electron chi connectivity index (χ3n) is 5.04. The molecule has 1 saturated heterocycles. The lowest BCUT2D eigenvalue weighted by Gasteiger charge is -2.34. The van der Waals surface area contributed by atoms with Crippen LogP contribution < -0.4 is 5.32 Å². The molecule has 0 spiro atoms. The fraction of sp³-hybridized carbons (Fsp3) is 1.00. The fourth-order valence-electron chi connectivity index (χ4n) is 3.61. The van der Waals surface area contributed by atoms with Gasteiger partial charge in [-0.1, -0.05) is 13.3 Å². The van der Waals surface area contributed by atoms with E-state index in [-0.39, 0.29) is 0 Å². The standard InChI is InChI=1S/C14H26N2/c1-3-11-9-13(11)16-8-4-7-15-14(2,10-16)12-5-6-12/h11-13,15H,3-10H2,1-2H3. The van der Waals surface area contributed by atoms with Crippen molar-refractivity contribution in [3.05, 3.63) is 0 Å². The highest BCUT2D eigenvalue weighted by atomic mass is 15.2. The second kappa shape index (κ2) is 3.99. The Morgan fingerprint density at radius 2 is 2.19 bits per heavy atom. The first-order valence-corrected chi connectivity index (χ1v) is 7.22. The van der Waals surface area contributed by atoms with Gasteiger partial charge in [0.2, 0.25) is 0 Å². The average molecular weight is 222 g/mol. The fourth-order valence-corrected chi connectivity index (χ4v) is 3.61. The van der Waals surface area contributed by atoms with Crippen LogP contribution in [0.1, 0.15) is 46.0 Å². The van der Waals surface area contributed by atoms with E-state index in [1.807, 2.05) is 0 Å². The van der Waals surface area contributed by atoms with Crippen molar-refractivity contribution in [2.24, 2.45) is 11.8 Å². The molecule has 3 fully saturated rings. The Morgan fingerprint density at radius 1 is 1.38 bits per heavy atom. The van der Waals surface area contributed by atoms with Gasteiger partial charge in [-0.15, -0.1) is 0 Å². The minimum Gasteiger partial charge on any atom is -0.310 e. The molecule has 0 amide bonds. The van der Waals surface area contributed by atoms with Crippen LogP contribution in [0.15, 0.2) is 0 Å². The van der Waals surface area contributed by atoms with Crippen molar-refractivity contribution in [2.45, 2.75) is 57.5 Å². The topological polar surface area (TPSA) is 15.3 Å². The molecule has 1 heterocycles. The van der Waals surface area contributed by atoms with Gasteiger partial charge in [0.25, 0.3) is 0 Å². The molecule has 2 aliphatic carbocycles. The second-order valence-corrected chi connectivity index (χ2v) is 6.41. The van der Waals surface area contributed by atoms with Crippen LogP contribution in [0.25, 0.3) is 0 Å². The molecule has 3 atom stereocenters. The van der Waals surface area contributed by atoms with Crippen molar-refractivity contribution >= 4 is 0 Å². The summed E-state index contributed by atoms with van der Waals surface area (Å²) in [4.78, 5) is 2.80. The molecule has 2 saturated carbocycles. The van der Waals surface area contributed by atoms with Crippen molar-refractivity contribution in [1.29, 1.82) is 0 Å². The van der Waals surface area contributed by atoms with Gasteiger partial charge in [-0.25, -0.2) is 0 Å². The van der Waals surface area contributed by atoms with Crippen LogP contribution in [0.5, 0.6) is 0 Å². The summed E-state index contributed by atoms with van der Waals surface area (Å²) in [6.45, 7) is 8.68. The highest BCUT2D eigenvalue weighted by molar-refractivity contribution is 5.04. The SMILES string of the molecule is CCC1CC1N1CCCNC(C)(C2CC2)C1. The molecule has 2 nitrogen and oxygen atoms in total. The molecular formula is C14H26N2. The summed E-state index contributed by atoms with van der Waals surface area (Å²) < 4.78 is 0. The Bertz CT molecular complexity index is 261. The van der Waals surface area contributed by atoms with E-state index < -0.39 is 0 Å². The minimum atomic E-state index is 0.428. The van der Waals surface area contributed by atoms with Crippen molar-refractivity contribution in [1.82, 2.24) is 10.2 Å². The van der Waals surface area contributed by atoms with E-state index in [2.05, 4.69) is 24.1 Å². The second-order valence-electron chi connectivity index (χ2n) is 6.41. The Balaban J connectivity index is 1.65. The van der Waals surface area contributed by atoms with Gasteiger partial charge < -0.3 is 5.32 Å². The van der Waals surface area contributed by atoms with Gasteiger partial charge in [-0.2, -0.15) is 0 Å². The van der Waals surface area contributed by atoms with Gasteiger partial charge in [0, 0.05) is 18.1 Å². The maximum absolute atomic E-state index is 3.82. The molecule has 3 rings (SSSR count). The number of hydrogen-bond donors (Lipinski definition) is 1. The van der Waals surface area contributed by atoms with Crippen LogP contribution in [0.3, 0.4) is 0 Å². The summed E-state index contributed by atoms with van der Waals surface area (Å²) >= 11 is 0. The predicted molar refractivity (Wildman–Crippen MR) is 67.5 cm³/mol. The van der Waals surface area contributed by atoms with Gasteiger partial charge in [-0.05, 0) is 57.5 Å². The van der Waals surface area contributed by atoms with E-state index in [4.69, 9.17) is 0 Å². The Kier molecular flexibility index (Phi) is 2.75. The summed E-state index contributed by atoms with van der Waals surface area (Å²) in [5, 5.41) is 3.82. The summed E-state index contributed by atoms with van der Waals surface area (Å²) in [6, 6.07) is 0.933. The normalized spacial score (nSPS) is 45.4. The Labute approximate surface area is 99.8 Å². The maximum Gasteiger partial charge on any atom is 0.0308 e. The molecule has 1 aliphatic heterocycles. The number of nitrogens with one attached hydrogen (secondary N) is 1. The lowest BCUT2D eigenvalue weighted by Crippen LogP contribution is -2.51. The van der Waals surface area contributed by atoms with Gasteiger partial charge >= 0.3 is 0 Å². The Morgan fingerprint density at radius 3 is 2.81 bits per heavy atom. The zero-order chi connectivity index (χ0) is 11.2. The Hall–Kier alpha value is -0.0800. The molecular weight excluding hydrogens is 196 g/mol. The van der Waals surface area contributed by atoms with Crippen LogP contribution >= 0.6 is 0 Å². The van der Waals surface area contributed by atoms with E-state index in [1.165, 1.54) is 51.7 Å². The molecule has 3 unspecified atom stereocenters. The zero-order valence-corrected chi connectivity index (χ0v) is 10.8. The third kappa shape index (κ3) is 2.02. The molecule has 0 bridgehead atoms. The lowest BCUT2D eigenvalue weighted by atomic mass is 9.95. The van der Waals surface area contributed by atoms with Crippen molar-refractivity contribution < 1.29 is 0 Å². The lowest BCUT2D eigenvalue weighted by molar-refractivity contribution is 0.187. The minimum absolute atomic E-state index is 0.428. The van der Waals surface area contributed by atoms with Crippen molar-refractivity contribution in [3.63, 3.8) is 0 Å². The molecule has 0 aromatic rings. The van der Waals surface area contributed by atoms with Gasteiger partial charge in [0.1, 0.15) is 0 Å². The number of rotatable bonds is 3. The molecule has 16 heavy (non-hydrogen) atoms. The van der Waals surface area contributed by atoms with E-state index in [0.29, 0.717) is 5.54 Å². The maximum atomic E-state index is 3.82.